The third kappa shape index (κ3) is 3.77. The molecule has 2 aliphatic rings. The molecule has 7 heteroatoms. The van der Waals surface area contributed by atoms with E-state index in [1.54, 1.807) is 21.1 Å². The Morgan fingerprint density at radius 1 is 1.31 bits per heavy atom. The SMILES string of the molecule is CC(C)CN1C(=O)C2CN(C(=O)Cc3ccsc3)CC(C)(C)CN2C1=O. The van der Waals surface area contributed by atoms with E-state index in [9.17, 15) is 14.4 Å². The van der Waals surface area contributed by atoms with E-state index in [2.05, 4.69) is 0 Å². The Hall–Kier alpha value is -1.89. The average Bonchev–Trinajstić information content (AvgIpc) is 3.07. The van der Waals surface area contributed by atoms with E-state index in [1.165, 1.54) is 4.90 Å². The van der Waals surface area contributed by atoms with Crippen molar-refractivity contribution >= 4 is 29.2 Å². The molecule has 0 aromatic carbocycles. The number of rotatable bonds is 4. The number of hydrogen-bond donors (Lipinski definition) is 0. The van der Waals surface area contributed by atoms with Gasteiger partial charge in [-0.3, -0.25) is 14.5 Å². The normalized spacial score (nSPS) is 22.8. The van der Waals surface area contributed by atoms with Gasteiger partial charge in [-0.15, -0.1) is 0 Å². The van der Waals surface area contributed by atoms with Crippen molar-refractivity contribution in [1.29, 1.82) is 0 Å². The molecule has 4 amide bonds. The first-order chi connectivity index (χ1) is 12.2. The summed E-state index contributed by atoms with van der Waals surface area (Å²) in [6.45, 7) is 9.81. The molecule has 1 aromatic rings. The summed E-state index contributed by atoms with van der Waals surface area (Å²) in [7, 11) is 0. The topological polar surface area (TPSA) is 60.9 Å². The second-order valence-corrected chi connectivity index (χ2v) is 9.30. The van der Waals surface area contributed by atoms with E-state index in [1.807, 2.05) is 44.5 Å². The number of urea groups is 1. The van der Waals surface area contributed by atoms with Crippen LogP contribution in [0, 0.1) is 11.3 Å². The van der Waals surface area contributed by atoms with Crippen molar-refractivity contribution in [1.82, 2.24) is 14.7 Å². The number of fused-ring (bicyclic) bond motifs is 1. The van der Waals surface area contributed by atoms with Gasteiger partial charge in [0, 0.05) is 25.0 Å². The molecule has 3 rings (SSSR count). The van der Waals surface area contributed by atoms with Crippen LogP contribution in [0.2, 0.25) is 0 Å². The van der Waals surface area contributed by atoms with E-state index in [0.717, 1.165) is 5.56 Å². The Labute approximate surface area is 158 Å². The summed E-state index contributed by atoms with van der Waals surface area (Å²) in [6.07, 6.45) is 0.337. The van der Waals surface area contributed by atoms with E-state index in [4.69, 9.17) is 0 Å². The van der Waals surface area contributed by atoms with Gasteiger partial charge in [-0.25, -0.2) is 4.79 Å². The molecule has 2 aliphatic heterocycles. The molecule has 142 valence electrons. The summed E-state index contributed by atoms with van der Waals surface area (Å²) in [4.78, 5) is 43.3. The van der Waals surface area contributed by atoms with Crippen molar-refractivity contribution in [3.63, 3.8) is 0 Å². The van der Waals surface area contributed by atoms with Crippen LogP contribution in [0.5, 0.6) is 0 Å². The van der Waals surface area contributed by atoms with Crippen LogP contribution >= 0.6 is 11.3 Å². The van der Waals surface area contributed by atoms with Crippen LogP contribution in [0.3, 0.4) is 0 Å². The van der Waals surface area contributed by atoms with Gasteiger partial charge in [0.05, 0.1) is 13.0 Å². The van der Waals surface area contributed by atoms with E-state index < -0.39 is 6.04 Å². The number of carbonyl (C=O) groups is 3. The van der Waals surface area contributed by atoms with Crippen molar-refractivity contribution < 1.29 is 14.4 Å². The number of nitrogens with zero attached hydrogens (tertiary/aromatic N) is 3. The number of thiophene rings is 1. The molecule has 0 bridgehead atoms. The third-order valence-corrected chi connectivity index (χ3v) is 5.58. The van der Waals surface area contributed by atoms with Gasteiger partial charge in [0.15, 0.2) is 0 Å². The van der Waals surface area contributed by atoms with E-state index >= 15 is 0 Å². The van der Waals surface area contributed by atoms with E-state index in [-0.39, 0.29) is 35.7 Å². The van der Waals surface area contributed by atoms with Crippen molar-refractivity contribution in [2.45, 2.75) is 40.2 Å². The van der Waals surface area contributed by atoms with Crippen LogP contribution in [-0.2, 0) is 16.0 Å². The molecule has 3 heterocycles. The van der Waals surface area contributed by atoms with Crippen molar-refractivity contribution in [3.8, 4) is 0 Å². The molecule has 0 aliphatic carbocycles. The third-order valence-electron chi connectivity index (χ3n) is 4.85. The molecule has 0 spiro atoms. The maximum absolute atomic E-state index is 12.9. The van der Waals surface area contributed by atoms with Gasteiger partial charge < -0.3 is 9.80 Å². The van der Waals surface area contributed by atoms with Gasteiger partial charge in [-0.05, 0) is 28.3 Å². The van der Waals surface area contributed by atoms with Gasteiger partial charge in [0.1, 0.15) is 6.04 Å². The van der Waals surface area contributed by atoms with Crippen LogP contribution < -0.4 is 0 Å². The molecule has 1 unspecified atom stereocenters. The maximum atomic E-state index is 12.9. The smallest absolute Gasteiger partial charge is 0.327 e. The summed E-state index contributed by atoms with van der Waals surface area (Å²) in [6, 6.07) is 1.18. The maximum Gasteiger partial charge on any atom is 0.327 e. The molecule has 0 radical (unpaired) electrons. The Bertz CT molecular complexity index is 699. The van der Waals surface area contributed by atoms with Crippen LogP contribution in [0.4, 0.5) is 4.79 Å². The molecule has 0 N–H and O–H groups in total. The molecule has 1 aromatic heterocycles. The number of carbonyl (C=O) groups excluding carboxylic acids is 3. The summed E-state index contributed by atoms with van der Waals surface area (Å²) < 4.78 is 0. The zero-order valence-electron chi connectivity index (χ0n) is 15.9. The second kappa shape index (κ2) is 7.02. The van der Waals surface area contributed by atoms with Gasteiger partial charge in [-0.2, -0.15) is 11.3 Å². The first-order valence-electron chi connectivity index (χ1n) is 9.09. The highest BCUT2D eigenvalue weighted by atomic mass is 32.1. The zero-order valence-corrected chi connectivity index (χ0v) is 16.7. The fourth-order valence-electron chi connectivity index (χ4n) is 3.75. The van der Waals surface area contributed by atoms with Gasteiger partial charge in [0.2, 0.25) is 5.91 Å². The Morgan fingerprint density at radius 3 is 2.65 bits per heavy atom. The molecule has 0 saturated carbocycles. The van der Waals surface area contributed by atoms with Gasteiger partial charge in [-0.1, -0.05) is 27.7 Å². The summed E-state index contributed by atoms with van der Waals surface area (Å²) >= 11 is 1.57. The highest BCUT2D eigenvalue weighted by Gasteiger charge is 2.50. The Morgan fingerprint density at radius 2 is 2.04 bits per heavy atom. The van der Waals surface area contributed by atoms with E-state index in [0.29, 0.717) is 26.1 Å². The van der Waals surface area contributed by atoms with Crippen molar-refractivity contribution in [2.24, 2.45) is 11.3 Å². The average molecular weight is 378 g/mol. The minimum Gasteiger partial charge on any atom is -0.339 e. The highest BCUT2D eigenvalue weighted by molar-refractivity contribution is 7.08. The first kappa shape index (κ1) is 18.9. The summed E-state index contributed by atoms with van der Waals surface area (Å²) in [5.41, 5.74) is 0.734. The molecule has 1 atom stereocenters. The lowest BCUT2D eigenvalue weighted by molar-refractivity contribution is -0.133. The minimum absolute atomic E-state index is 0.0147. The molecule has 6 nitrogen and oxygen atoms in total. The molecule has 26 heavy (non-hydrogen) atoms. The van der Waals surface area contributed by atoms with Crippen LogP contribution in [0.15, 0.2) is 16.8 Å². The monoisotopic (exact) mass is 377 g/mol. The van der Waals surface area contributed by atoms with Crippen LogP contribution in [0.1, 0.15) is 33.3 Å². The lowest BCUT2D eigenvalue weighted by Gasteiger charge is -2.31. The molecular weight excluding hydrogens is 350 g/mol. The van der Waals surface area contributed by atoms with Crippen LogP contribution in [0.25, 0.3) is 0 Å². The summed E-state index contributed by atoms with van der Waals surface area (Å²) in [5, 5.41) is 3.93. The highest BCUT2D eigenvalue weighted by Crippen LogP contribution is 2.30. The number of hydrogen-bond acceptors (Lipinski definition) is 4. The quantitative estimate of drug-likeness (QED) is 0.757. The fourth-order valence-corrected chi connectivity index (χ4v) is 4.42. The molecule has 2 saturated heterocycles. The number of imide groups is 1. The van der Waals surface area contributed by atoms with Crippen molar-refractivity contribution in [2.75, 3.05) is 26.2 Å². The predicted molar refractivity (Wildman–Crippen MR) is 101 cm³/mol. The van der Waals surface area contributed by atoms with Crippen LogP contribution in [-0.4, -0.2) is 64.8 Å². The Balaban J connectivity index is 1.82. The van der Waals surface area contributed by atoms with Gasteiger partial charge >= 0.3 is 6.03 Å². The first-order valence-corrected chi connectivity index (χ1v) is 10.0. The molecular formula is C19H27N3O3S. The van der Waals surface area contributed by atoms with Crippen molar-refractivity contribution in [3.05, 3.63) is 22.4 Å². The number of amides is 4. The standard InChI is InChI=1S/C19H27N3O3S/c1-13(2)8-21-17(24)15-9-20(16(23)7-14-5-6-26-10-14)11-19(3,4)12-22(15)18(21)25/h5-6,10,13,15H,7-9,11-12H2,1-4H3. The largest absolute Gasteiger partial charge is 0.339 e. The second-order valence-electron chi connectivity index (χ2n) is 8.52. The zero-order chi connectivity index (χ0) is 19.1. The van der Waals surface area contributed by atoms with Gasteiger partial charge in [0.25, 0.3) is 5.91 Å². The summed E-state index contributed by atoms with van der Waals surface area (Å²) in [5.74, 6) is 0.0615. The lowest BCUT2D eigenvalue weighted by atomic mass is 9.92. The fraction of sp³-hybridized carbons (Fsp3) is 0.632. The lowest BCUT2D eigenvalue weighted by Crippen LogP contribution is -2.44. The molecule has 2 fully saturated rings. The minimum atomic E-state index is -0.561. The Kier molecular flexibility index (Phi) is 5.10. The predicted octanol–water partition coefficient (Wildman–Crippen LogP) is 2.45.